The summed E-state index contributed by atoms with van der Waals surface area (Å²) >= 11 is 0. The predicted molar refractivity (Wildman–Crippen MR) is 122 cm³/mol. The number of likely N-dealkylation sites (tertiary alicyclic amines) is 1. The molecule has 1 aromatic heterocycles. The number of hydrogen-bond acceptors (Lipinski definition) is 4. The molecule has 0 aliphatic carbocycles. The van der Waals surface area contributed by atoms with Gasteiger partial charge in [0.15, 0.2) is 11.5 Å². The minimum Gasteiger partial charge on any atom is -0.493 e. The van der Waals surface area contributed by atoms with E-state index < -0.39 is 0 Å². The Morgan fingerprint density at radius 1 is 0.968 bits per heavy atom. The summed E-state index contributed by atoms with van der Waals surface area (Å²) in [5.41, 5.74) is 5.64. The normalized spacial score (nSPS) is 14.7. The Kier molecular flexibility index (Phi) is 5.81. The highest BCUT2D eigenvalue weighted by Crippen LogP contribution is 2.39. The maximum Gasteiger partial charge on any atom is 0.254 e. The highest BCUT2D eigenvalue weighted by Gasteiger charge is 2.28. The van der Waals surface area contributed by atoms with Crippen molar-refractivity contribution >= 4 is 16.8 Å². The second-order valence-electron chi connectivity index (χ2n) is 8.19. The third-order valence-corrected chi connectivity index (χ3v) is 6.35. The van der Waals surface area contributed by atoms with Crippen LogP contribution in [0.5, 0.6) is 17.2 Å². The molecule has 2 aromatic carbocycles. The van der Waals surface area contributed by atoms with Gasteiger partial charge in [-0.05, 0) is 56.5 Å². The molecule has 1 saturated heterocycles. The zero-order chi connectivity index (χ0) is 22.1. The van der Waals surface area contributed by atoms with Crippen molar-refractivity contribution in [3.63, 3.8) is 0 Å². The Morgan fingerprint density at radius 3 is 2.19 bits per heavy atom. The van der Waals surface area contributed by atoms with Crippen molar-refractivity contribution in [2.75, 3.05) is 34.4 Å². The van der Waals surface area contributed by atoms with Crippen LogP contribution in [-0.4, -0.2) is 50.2 Å². The zero-order valence-corrected chi connectivity index (χ0v) is 18.9. The number of methoxy groups -OCH3 is 3. The molecule has 1 aliphatic rings. The summed E-state index contributed by atoms with van der Waals surface area (Å²) < 4.78 is 16.2. The van der Waals surface area contributed by atoms with Crippen LogP contribution in [0.3, 0.4) is 0 Å². The first kappa shape index (κ1) is 21.1. The van der Waals surface area contributed by atoms with Crippen LogP contribution in [0.25, 0.3) is 10.9 Å². The van der Waals surface area contributed by atoms with Crippen molar-refractivity contribution in [2.45, 2.75) is 32.6 Å². The van der Waals surface area contributed by atoms with E-state index in [1.807, 2.05) is 4.90 Å². The Bertz CT molecular complexity index is 1090. The molecule has 0 spiro atoms. The molecule has 0 bridgehead atoms. The first-order chi connectivity index (χ1) is 15.0. The number of rotatable bonds is 5. The monoisotopic (exact) mass is 422 g/mol. The lowest BCUT2D eigenvalue weighted by molar-refractivity contribution is 0.0711. The minimum atomic E-state index is -0.0123. The SMILES string of the molecule is COc1cc(C(=O)N2CCC(c3[nH]c4ccc(C)cc4c3C)CC2)cc(OC)c1OC. The summed E-state index contributed by atoms with van der Waals surface area (Å²) in [6, 6.07) is 9.98. The van der Waals surface area contributed by atoms with Crippen LogP contribution in [0.1, 0.15) is 45.9 Å². The lowest BCUT2D eigenvalue weighted by Crippen LogP contribution is -2.38. The smallest absolute Gasteiger partial charge is 0.254 e. The van der Waals surface area contributed by atoms with E-state index in [4.69, 9.17) is 14.2 Å². The number of H-pyrrole nitrogens is 1. The number of carbonyl (C=O) groups excluding carboxylic acids is 1. The van der Waals surface area contributed by atoms with Gasteiger partial charge in [0, 0.05) is 41.2 Å². The van der Waals surface area contributed by atoms with E-state index in [9.17, 15) is 4.79 Å². The molecule has 4 rings (SSSR count). The van der Waals surface area contributed by atoms with Crippen molar-refractivity contribution in [3.05, 3.63) is 52.7 Å². The highest BCUT2D eigenvalue weighted by molar-refractivity contribution is 5.95. The maximum atomic E-state index is 13.2. The lowest BCUT2D eigenvalue weighted by atomic mass is 9.91. The predicted octanol–water partition coefficient (Wildman–Crippen LogP) is 4.83. The number of ether oxygens (including phenoxy) is 3. The summed E-state index contributed by atoms with van der Waals surface area (Å²) in [7, 11) is 4.67. The number of carbonyl (C=O) groups is 1. The number of nitrogens with zero attached hydrogens (tertiary/aromatic N) is 1. The van der Waals surface area contributed by atoms with Crippen molar-refractivity contribution in [2.24, 2.45) is 0 Å². The number of fused-ring (bicyclic) bond motifs is 1. The molecular weight excluding hydrogens is 392 g/mol. The molecule has 1 N–H and O–H groups in total. The molecule has 0 unspecified atom stereocenters. The van der Waals surface area contributed by atoms with Crippen LogP contribution in [0.15, 0.2) is 30.3 Å². The van der Waals surface area contributed by atoms with Crippen LogP contribution in [0.2, 0.25) is 0 Å². The molecular formula is C25H30N2O4. The van der Waals surface area contributed by atoms with Gasteiger partial charge in [-0.2, -0.15) is 0 Å². The van der Waals surface area contributed by atoms with Gasteiger partial charge in [-0.1, -0.05) is 11.6 Å². The molecule has 2 heterocycles. The third kappa shape index (κ3) is 3.82. The van der Waals surface area contributed by atoms with Crippen molar-refractivity contribution in [1.82, 2.24) is 9.88 Å². The molecule has 3 aromatic rings. The molecule has 164 valence electrons. The summed E-state index contributed by atoms with van der Waals surface area (Å²) in [6.45, 7) is 5.75. The standard InChI is InChI=1S/C25H30N2O4/c1-15-6-7-20-19(12-15)16(2)23(26-20)17-8-10-27(11-9-17)25(28)18-13-21(29-3)24(31-5)22(14-18)30-4/h6-7,12-14,17,26H,8-11H2,1-5H3. The van der Waals surface area contributed by atoms with Crippen LogP contribution in [-0.2, 0) is 0 Å². The van der Waals surface area contributed by atoms with E-state index in [0.717, 1.165) is 12.8 Å². The van der Waals surface area contributed by atoms with Crippen molar-refractivity contribution in [3.8, 4) is 17.2 Å². The van der Waals surface area contributed by atoms with Crippen LogP contribution >= 0.6 is 0 Å². The number of benzene rings is 2. The van der Waals surface area contributed by atoms with Crippen LogP contribution in [0, 0.1) is 13.8 Å². The number of piperidine rings is 1. The Balaban J connectivity index is 1.51. The number of aromatic amines is 1. The first-order valence-corrected chi connectivity index (χ1v) is 10.6. The number of aromatic nitrogens is 1. The summed E-state index contributed by atoms with van der Waals surface area (Å²) in [5, 5.41) is 1.30. The quantitative estimate of drug-likeness (QED) is 0.640. The van der Waals surface area contributed by atoms with Gasteiger partial charge >= 0.3 is 0 Å². The van der Waals surface area contributed by atoms with E-state index >= 15 is 0 Å². The molecule has 6 nitrogen and oxygen atoms in total. The number of amides is 1. The second kappa shape index (κ2) is 8.53. The Labute approximate surface area is 183 Å². The Morgan fingerprint density at radius 2 is 1.61 bits per heavy atom. The topological polar surface area (TPSA) is 63.8 Å². The molecule has 31 heavy (non-hydrogen) atoms. The fourth-order valence-corrected chi connectivity index (χ4v) is 4.63. The molecule has 0 radical (unpaired) electrons. The molecule has 1 aliphatic heterocycles. The second-order valence-corrected chi connectivity index (χ2v) is 8.19. The number of hydrogen-bond donors (Lipinski definition) is 1. The minimum absolute atomic E-state index is 0.0123. The molecule has 6 heteroatoms. The first-order valence-electron chi connectivity index (χ1n) is 10.6. The average Bonchev–Trinajstić information content (AvgIpc) is 3.13. The van der Waals surface area contributed by atoms with Gasteiger partial charge in [0.05, 0.1) is 21.3 Å². The molecule has 0 atom stereocenters. The van der Waals surface area contributed by atoms with Gasteiger partial charge in [-0.25, -0.2) is 0 Å². The van der Waals surface area contributed by atoms with Crippen LogP contribution in [0.4, 0.5) is 0 Å². The van der Waals surface area contributed by atoms with E-state index in [1.165, 1.54) is 27.7 Å². The Hall–Kier alpha value is -3.15. The van der Waals surface area contributed by atoms with E-state index in [-0.39, 0.29) is 5.91 Å². The summed E-state index contributed by atoms with van der Waals surface area (Å²) in [4.78, 5) is 18.7. The highest BCUT2D eigenvalue weighted by atomic mass is 16.5. The lowest BCUT2D eigenvalue weighted by Gasteiger charge is -2.32. The largest absolute Gasteiger partial charge is 0.493 e. The van der Waals surface area contributed by atoms with Crippen molar-refractivity contribution < 1.29 is 19.0 Å². The maximum absolute atomic E-state index is 13.2. The third-order valence-electron chi connectivity index (χ3n) is 6.35. The fourth-order valence-electron chi connectivity index (χ4n) is 4.63. The average molecular weight is 423 g/mol. The summed E-state index contributed by atoms with van der Waals surface area (Å²) in [5.74, 6) is 1.89. The van der Waals surface area contributed by atoms with E-state index in [2.05, 4.69) is 37.0 Å². The van der Waals surface area contributed by atoms with Gasteiger partial charge in [0.25, 0.3) is 5.91 Å². The van der Waals surface area contributed by atoms with Crippen LogP contribution < -0.4 is 14.2 Å². The van der Waals surface area contributed by atoms with Gasteiger partial charge in [-0.15, -0.1) is 0 Å². The van der Waals surface area contributed by atoms with Gasteiger partial charge in [0.1, 0.15) is 0 Å². The molecule has 0 saturated carbocycles. The van der Waals surface area contributed by atoms with Gasteiger partial charge in [-0.3, -0.25) is 4.79 Å². The van der Waals surface area contributed by atoms with Crippen molar-refractivity contribution in [1.29, 1.82) is 0 Å². The van der Waals surface area contributed by atoms with E-state index in [0.29, 0.717) is 41.8 Å². The molecule has 1 amide bonds. The van der Waals surface area contributed by atoms with E-state index in [1.54, 1.807) is 33.5 Å². The fraction of sp³-hybridized carbons (Fsp3) is 0.400. The number of aryl methyl sites for hydroxylation is 2. The zero-order valence-electron chi connectivity index (χ0n) is 18.9. The molecule has 1 fully saturated rings. The van der Waals surface area contributed by atoms with Gasteiger partial charge < -0.3 is 24.1 Å². The summed E-state index contributed by atoms with van der Waals surface area (Å²) in [6.07, 6.45) is 1.87. The number of nitrogens with one attached hydrogen (secondary N) is 1. The van der Waals surface area contributed by atoms with Gasteiger partial charge in [0.2, 0.25) is 5.75 Å².